The van der Waals surface area contributed by atoms with Crippen LogP contribution in [0.15, 0.2) is 27.7 Å². The van der Waals surface area contributed by atoms with Crippen LogP contribution in [0.25, 0.3) is 11.5 Å². The van der Waals surface area contributed by atoms with Crippen molar-refractivity contribution < 1.29 is 4.42 Å². The molecule has 0 unspecified atom stereocenters. The van der Waals surface area contributed by atoms with Gasteiger partial charge in [0.25, 0.3) is 5.89 Å². The number of hydrogen-bond acceptors (Lipinski definition) is 4. The Kier molecular flexibility index (Phi) is 1.86. The summed E-state index contributed by atoms with van der Waals surface area (Å²) in [7, 11) is 0. The summed E-state index contributed by atoms with van der Waals surface area (Å²) in [6.45, 7) is 0. The van der Waals surface area contributed by atoms with Crippen LogP contribution in [0.2, 0.25) is 5.35 Å². The highest BCUT2D eigenvalue weighted by atomic mass is 35.5. The lowest BCUT2D eigenvalue weighted by Crippen LogP contribution is -2.02. The first-order chi connectivity index (χ1) is 6.27. The Hall–Kier alpha value is -1.62. The van der Waals surface area contributed by atoms with Gasteiger partial charge in [-0.15, -0.1) is 5.10 Å². The minimum absolute atomic E-state index is 0.0850. The molecule has 0 aliphatic rings. The molecule has 66 valence electrons. The Morgan fingerprint density at radius 3 is 2.92 bits per heavy atom. The standard InChI is InChI=1S/C7H4ClN3O2/c8-7-11-10-6(13-7)4-3-9-2-1-5(4)12/h1-3H,(H,9,12). The molecule has 0 aliphatic heterocycles. The first-order valence-electron chi connectivity index (χ1n) is 3.44. The number of H-pyrrole nitrogens is 1. The molecule has 6 heteroatoms. The summed E-state index contributed by atoms with van der Waals surface area (Å²) in [6.07, 6.45) is 3.00. The van der Waals surface area contributed by atoms with Crippen LogP contribution < -0.4 is 5.43 Å². The normalized spacial score (nSPS) is 10.2. The van der Waals surface area contributed by atoms with Crippen LogP contribution in [0.4, 0.5) is 0 Å². The second-order valence-corrected chi connectivity index (χ2v) is 2.61. The number of rotatable bonds is 1. The van der Waals surface area contributed by atoms with Crippen LogP contribution in [0.5, 0.6) is 0 Å². The maximum atomic E-state index is 11.2. The van der Waals surface area contributed by atoms with Gasteiger partial charge in [-0.05, 0) is 11.6 Å². The monoisotopic (exact) mass is 197 g/mol. The Morgan fingerprint density at radius 2 is 2.31 bits per heavy atom. The lowest BCUT2D eigenvalue weighted by atomic mass is 10.3. The first kappa shape index (κ1) is 8.00. The van der Waals surface area contributed by atoms with E-state index in [2.05, 4.69) is 15.2 Å². The Balaban J connectivity index is 2.59. The van der Waals surface area contributed by atoms with Gasteiger partial charge in [0.05, 0.1) is 0 Å². The highest BCUT2D eigenvalue weighted by Gasteiger charge is 2.09. The highest BCUT2D eigenvalue weighted by Crippen LogP contribution is 2.14. The zero-order valence-electron chi connectivity index (χ0n) is 6.32. The Bertz CT molecular complexity index is 476. The van der Waals surface area contributed by atoms with Gasteiger partial charge in [-0.2, -0.15) is 0 Å². The largest absolute Gasteiger partial charge is 0.407 e. The average Bonchev–Trinajstić information content (AvgIpc) is 2.53. The third-order valence-electron chi connectivity index (χ3n) is 1.45. The summed E-state index contributed by atoms with van der Waals surface area (Å²) in [5.74, 6) is 0.117. The topological polar surface area (TPSA) is 71.8 Å². The molecule has 2 heterocycles. The molecule has 0 saturated carbocycles. The van der Waals surface area contributed by atoms with Gasteiger partial charge in [-0.3, -0.25) is 4.79 Å². The molecule has 2 rings (SSSR count). The quantitative estimate of drug-likeness (QED) is 0.743. The second-order valence-electron chi connectivity index (χ2n) is 2.28. The zero-order valence-corrected chi connectivity index (χ0v) is 7.08. The van der Waals surface area contributed by atoms with Crippen molar-refractivity contribution in [2.24, 2.45) is 0 Å². The van der Waals surface area contributed by atoms with Crippen LogP contribution in [-0.2, 0) is 0 Å². The second kappa shape index (κ2) is 3.02. The number of aromatic nitrogens is 3. The van der Waals surface area contributed by atoms with E-state index in [4.69, 9.17) is 16.0 Å². The van der Waals surface area contributed by atoms with E-state index in [1.807, 2.05) is 0 Å². The van der Waals surface area contributed by atoms with Gasteiger partial charge in [0.1, 0.15) is 5.56 Å². The van der Waals surface area contributed by atoms with Crippen molar-refractivity contribution in [3.8, 4) is 11.5 Å². The molecule has 13 heavy (non-hydrogen) atoms. The highest BCUT2D eigenvalue weighted by molar-refractivity contribution is 6.27. The van der Waals surface area contributed by atoms with E-state index in [0.29, 0.717) is 5.56 Å². The maximum absolute atomic E-state index is 11.2. The molecule has 0 atom stereocenters. The van der Waals surface area contributed by atoms with Gasteiger partial charge in [-0.1, -0.05) is 5.10 Å². The predicted molar refractivity (Wildman–Crippen MR) is 45.4 cm³/mol. The molecule has 0 radical (unpaired) electrons. The van der Waals surface area contributed by atoms with Crippen molar-refractivity contribution in [3.05, 3.63) is 34.0 Å². The molecule has 5 nitrogen and oxygen atoms in total. The molecule has 0 bridgehead atoms. The van der Waals surface area contributed by atoms with Crippen LogP contribution in [0.1, 0.15) is 0 Å². The van der Waals surface area contributed by atoms with E-state index in [1.54, 1.807) is 0 Å². The van der Waals surface area contributed by atoms with Crippen LogP contribution in [0, 0.1) is 0 Å². The van der Waals surface area contributed by atoms with E-state index < -0.39 is 0 Å². The summed E-state index contributed by atoms with van der Waals surface area (Å²) in [5, 5.41) is 6.92. The fourth-order valence-electron chi connectivity index (χ4n) is 0.897. The Morgan fingerprint density at radius 1 is 1.46 bits per heavy atom. The van der Waals surface area contributed by atoms with Crippen molar-refractivity contribution in [3.63, 3.8) is 0 Å². The Labute approximate surface area is 77.4 Å². The van der Waals surface area contributed by atoms with Crippen LogP contribution >= 0.6 is 11.6 Å². The molecular weight excluding hydrogens is 194 g/mol. The van der Waals surface area contributed by atoms with Gasteiger partial charge in [-0.25, -0.2) is 0 Å². The van der Waals surface area contributed by atoms with E-state index in [-0.39, 0.29) is 16.7 Å². The van der Waals surface area contributed by atoms with Gasteiger partial charge in [0, 0.05) is 18.5 Å². The van der Waals surface area contributed by atoms with Crippen molar-refractivity contribution in [2.75, 3.05) is 0 Å². The molecule has 2 aromatic rings. The summed E-state index contributed by atoms with van der Waals surface area (Å²) in [4.78, 5) is 14.0. The number of nitrogens with one attached hydrogen (secondary N) is 1. The van der Waals surface area contributed by atoms with Gasteiger partial charge in [0.15, 0.2) is 5.43 Å². The molecule has 0 aromatic carbocycles. The molecule has 0 saturated heterocycles. The van der Waals surface area contributed by atoms with Crippen molar-refractivity contribution in [1.82, 2.24) is 15.2 Å². The van der Waals surface area contributed by atoms with Crippen LogP contribution in [-0.4, -0.2) is 15.2 Å². The summed E-state index contributed by atoms with van der Waals surface area (Å²) < 4.78 is 4.87. The number of aromatic amines is 1. The van der Waals surface area contributed by atoms with Gasteiger partial charge in [0.2, 0.25) is 0 Å². The number of pyridine rings is 1. The van der Waals surface area contributed by atoms with E-state index in [9.17, 15) is 4.79 Å². The SMILES string of the molecule is O=c1cc[nH]cc1-c1nnc(Cl)o1. The third-order valence-corrected chi connectivity index (χ3v) is 1.61. The van der Waals surface area contributed by atoms with Gasteiger partial charge < -0.3 is 9.40 Å². The molecule has 2 aromatic heterocycles. The maximum Gasteiger partial charge on any atom is 0.313 e. The number of hydrogen-bond donors (Lipinski definition) is 1. The molecule has 1 N–H and O–H groups in total. The smallest absolute Gasteiger partial charge is 0.313 e. The fraction of sp³-hybridized carbons (Fsp3) is 0. The summed E-state index contributed by atoms with van der Waals surface area (Å²) in [6, 6.07) is 1.37. The van der Waals surface area contributed by atoms with Gasteiger partial charge >= 0.3 is 5.35 Å². The van der Waals surface area contributed by atoms with Crippen molar-refractivity contribution in [1.29, 1.82) is 0 Å². The van der Waals surface area contributed by atoms with E-state index in [1.165, 1.54) is 18.5 Å². The third kappa shape index (κ3) is 1.46. The minimum Gasteiger partial charge on any atom is -0.407 e. The van der Waals surface area contributed by atoms with Crippen LogP contribution in [0.3, 0.4) is 0 Å². The summed E-state index contributed by atoms with van der Waals surface area (Å²) in [5.41, 5.74) is 0.112. The summed E-state index contributed by atoms with van der Waals surface area (Å²) >= 11 is 5.41. The molecule has 0 amide bonds. The van der Waals surface area contributed by atoms with E-state index >= 15 is 0 Å². The minimum atomic E-state index is -0.195. The lowest BCUT2D eigenvalue weighted by Gasteiger charge is -1.89. The van der Waals surface area contributed by atoms with Crippen molar-refractivity contribution >= 4 is 11.6 Å². The molecule has 0 spiro atoms. The lowest BCUT2D eigenvalue weighted by molar-refractivity contribution is 0.570. The molecular formula is C7H4ClN3O2. The average molecular weight is 198 g/mol. The first-order valence-corrected chi connectivity index (χ1v) is 3.81. The number of halogens is 1. The van der Waals surface area contributed by atoms with Crippen molar-refractivity contribution in [2.45, 2.75) is 0 Å². The fourth-order valence-corrected chi connectivity index (χ4v) is 1.01. The zero-order chi connectivity index (χ0) is 9.26. The van der Waals surface area contributed by atoms with E-state index in [0.717, 1.165) is 0 Å². The molecule has 0 aliphatic carbocycles. The number of nitrogens with zero attached hydrogens (tertiary/aromatic N) is 2. The molecule has 0 fully saturated rings. The predicted octanol–water partition coefficient (Wildman–Crippen LogP) is 1.08.